The van der Waals surface area contributed by atoms with Crippen LogP contribution < -0.4 is 0 Å². The van der Waals surface area contributed by atoms with Gasteiger partial charge in [-0.15, -0.1) is 0 Å². The van der Waals surface area contributed by atoms with Crippen LogP contribution in [0.15, 0.2) is 0 Å². The van der Waals surface area contributed by atoms with Gasteiger partial charge in [0, 0.05) is 6.42 Å². The van der Waals surface area contributed by atoms with Crippen molar-refractivity contribution in [2.75, 3.05) is 0 Å². The third kappa shape index (κ3) is 2.99. The van der Waals surface area contributed by atoms with E-state index in [1.54, 1.807) is 0 Å². The molecule has 1 nitrogen and oxygen atoms in total. The van der Waals surface area contributed by atoms with Crippen LogP contribution >= 0.6 is 15.9 Å². The fourth-order valence-corrected chi connectivity index (χ4v) is 0.891. The van der Waals surface area contributed by atoms with E-state index >= 15 is 0 Å². The van der Waals surface area contributed by atoms with Gasteiger partial charge >= 0.3 is 0 Å². The minimum absolute atomic E-state index is 0.0579. The van der Waals surface area contributed by atoms with Crippen LogP contribution in [0.5, 0.6) is 0 Å². The molecule has 0 spiro atoms. The number of Topliss-reactive ketones (excluding diaryl/α,β-unsaturated/α-hetero) is 1. The Kier molecular flexibility index (Phi) is 4.11. The number of ketones is 1. The Morgan fingerprint density at radius 3 is 2.11 bits per heavy atom. The standard InChI is InChI=1S/C7H13BrO/c1-4-6(9)7(8)5(2)3/h5,7H,4H2,1-3H3. The second kappa shape index (κ2) is 4.04. The molecule has 0 saturated heterocycles. The van der Waals surface area contributed by atoms with Crippen LogP contribution in [0.4, 0.5) is 0 Å². The lowest BCUT2D eigenvalue weighted by Crippen LogP contribution is -2.18. The van der Waals surface area contributed by atoms with Gasteiger partial charge in [-0.2, -0.15) is 0 Å². The van der Waals surface area contributed by atoms with E-state index in [0.717, 1.165) is 0 Å². The molecule has 2 heteroatoms. The predicted octanol–water partition coefficient (Wildman–Crippen LogP) is 2.39. The van der Waals surface area contributed by atoms with E-state index in [-0.39, 0.29) is 4.83 Å². The first-order valence-corrected chi connectivity index (χ1v) is 4.18. The highest BCUT2D eigenvalue weighted by atomic mass is 79.9. The highest BCUT2D eigenvalue weighted by Gasteiger charge is 2.15. The van der Waals surface area contributed by atoms with E-state index in [0.29, 0.717) is 18.1 Å². The number of alkyl halides is 1. The minimum Gasteiger partial charge on any atom is -0.298 e. The van der Waals surface area contributed by atoms with Gasteiger partial charge in [0.05, 0.1) is 4.83 Å². The van der Waals surface area contributed by atoms with Crippen molar-refractivity contribution < 1.29 is 4.79 Å². The van der Waals surface area contributed by atoms with Crippen LogP contribution in [0, 0.1) is 5.92 Å². The van der Waals surface area contributed by atoms with E-state index in [1.165, 1.54) is 0 Å². The fourth-order valence-electron chi connectivity index (χ4n) is 0.567. The predicted molar refractivity (Wildman–Crippen MR) is 42.9 cm³/mol. The van der Waals surface area contributed by atoms with Crippen LogP contribution in [-0.2, 0) is 4.79 Å². The molecule has 0 aliphatic heterocycles. The highest BCUT2D eigenvalue weighted by molar-refractivity contribution is 9.10. The van der Waals surface area contributed by atoms with Gasteiger partial charge in [0.25, 0.3) is 0 Å². The summed E-state index contributed by atoms with van der Waals surface area (Å²) < 4.78 is 0. The highest BCUT2D eigenvalue weighted by Crippen LogP contribution is 2.13. The Balaban J connectivity index is 3.72. The lowest BCUT2D eigenvalue weighted by molar-refractivity contribution is -0.118. The topological polar surface area (TPSA) is 17.1 Å². The van der Waals surface area contributed by atoms with Crippen LogP contribution in [0.2, 0.25) is 0 Å². The van der Waals surface area contributed by atoms with E-state index in [4.69, 9.17) is 0 Å². The van der Waals surface area contributed by atoms with Gasteiger partial charge in [0.1, 0.15) is 5.78 Å². The molecule has 0 N–H and O–H groups in total. The molecule has 1 atom stereocenters. The van der Waals surface area contributed by atoms with Gasteiger partial charge in [-0.3, -0.25) is 4.79 Å². The zero-order valence-electron chi connectivity index (χ0n) is 6.15. The zero-order valence-corrected chi connectivity index (χ0v) is 7.73. The van der Waals surface area contributed by atoms with Crippen LogP contribution in [0.3, 0.4) is 0 Å². The smallest absolute Gasteiger partial charge is 0.146 e. The monoisotopic (exact) mass is 192 g/mol. The molecule has 0 saturated carbocycles. The Bertz CT molecular complexity index is 99.1. The van der Waals surface area contributed by atoms with Crippen molar-refractivity contribution >= 4 is 21.7 Å². The second-order valence-electron chi connectivity index (χ2n) is 2.47. The number of carbonyl (C=O) groups is 1. The van der Waals surface area contributed by atoms with Crippen molar-refractivity contribution in [2.24, 2.45) is 5.92 Å². The van der Waals surface area contributed by atoms with E-state index in [1.807, 2.05) is 20.8 Å². The molecule has 0 fully saturated rings. The van der Waals surface area contributed by atoms with Gasteiger partial charge in [0.2, 0.25) is 0 Å². The first-order chi connectivity index (χ1) is 4.09. The van der Waals surface area contributed by atoms with E-state index in [9.17, 15) is 4.79 Å². The summed E-state index contributed by atoms with van der Waals surface area (Å²) in [4.78, 5) is 11.0. The molecule has 0 heterocycles. The van der Waals surface area contributed by atoms with Gasteiger partial charge in [-0.05, 0) is 5.92 Å². The largest absolute Gasteiger partial charge is 0.298 e. The van der Waals surface area contributed by atoms with Gasteiger partial charge < -0.3 is 0 Å². The first kappa shape index (κ1) is 9.15. The molecule has 0 aliphatic carbocycles. The molecular formula is C7H13BrO. The maximum atomic E-state index is 10.9. The molecule has 54 valence electrons. The van der Waals surface area contributed by atoms with Crippen molar-refractivity contribution in [3.8, 4) is 0 Å². The average Bonchev–Trinajstić information content (AvgIpc) is 1.84. The molecule has 0 aromatic carbocycles. The molecule has 0 aromatic rings. The Hall–Kier alpha value is 0.150. The average molecular weight is 193 g/mol. The third-order valence-corrected chi connectivity index (χ3v) is 2.81. The van der Waals surface area contributed by atoms with Crippen LogP contribution in [0.1, 0.15) is 27.2 Å². The number of hydrogen-bond acceptors (Lipinski definition) is 1. The summed E-state index contributed by atoms with van der Waals surface area (Å²) >= 11 is 3.32. The van der Waals surface area contributed by atoms with Crippen LogP contribution in [0.25, 0.3) is 0 Å². The number of rotatable bonds is 3. The number of hydrogen-bond donors (Lipinski definition) is 0. The van der Waals surface area contributed by atoms with Crippen molar-refractivity contribution in [1.29, 1.82) is 0 Å². The summed E-state index contributed by atoms with van der Waals surface area (Å²) in [5.41, 5.74) is 0. The summed E-state index contributed by atoms with van der Waals surface area (Å²) in [6, 6.07) is 0. The molecule has 0 rings (SSSR count). The summed E-state index contributed by atoms with van der Waals surface area (Å²) in [5.74, 6) is 0.711. The molecule has 9 heavy (non-hydrogen) atoms. The summed E-state index contributed by atoms with van der Waals surface area (Å²) in [6.45, 7) is 5.96. The lowest BCUT2D eigenvalue weighted by Gasteiger charge is -2.09. The molecule has 0 aliphatic rings. The minimum atomic E-state index is 0.0579. The summed E-state index contributed by atoms with van der Waals surface area (Å²) in [5, 5.41) is 0. The SMILES string of the molecule is CCC(=O)C(Br)C(C)C. The molecule has 0 amide bonds. The Labute approximate surface area is 65.0 Å². The van der Waals surface area contributed by atoms with E-state index < -0.39 is 0 Å². The van der Waals surface area contributed by atoms with Gasteiger partial charge in [-0.25, -0.2) is 0 Å². The Morgan fingerprint density at radius 2 is 2.00 bits per heavy atom. The van der Waals surface area contributed by atoms with Crippen molar-refractivity contribution in [2.45, 2.75) is 32.0 Å². The van der Waals surface area contributed by atoms with Crippen molar-refractivity contribution in [3.63, 3.8) is 0 Å². The van der Waals surface area contributed by atoms with E-state index in [2.05, 4.69) is 15.9 Å². The molecule has 1 unspecified atom stereocenters. The second-order valence-corrected chi connectivity index (χ2v) is 3.45. The molecular weight excluding hydrogens is 180 g/mol. The first-order valence-electron chi connectivity index (χ1n) is 3.26. The van der Waals surface area contributed by atoms with Gasteiger partial charge in [0.15, 0.2) is 0 Å². The lowest BCUT2D eigenvalue weighted by atomic mass is 10.1. The molecule has 0 aromatic heterocycles. The normalized spacial score (nSPS) is 13.9. The summed E-state index contributed by atoms with van der Waals surface area (Å²) in [7, 11) is 0. The number of halogens is 1. The summed E-state index contributed by atoms with van der Waals surface area (Å²) in [6.07, 6.45) is 0.633. The maximum Gasteiger partial charge on any atom is 0.146 e. The third-order valence-electron chi connectivity index (χ3n) is 1.24. The molecule has 0 bridgehead atoms. The van der Waals surface area contributed by atoms with Crippen LogP contribution in [-0.4, -0.2) is 10.6 Å². The molecule has 0 radical (unpaired) electrons. The quantitative estimate of drug-likeness (QED) is 0.629. The maximum absolute atomic E-state index is 10.9. The zero-order chi connectivity index (χ0) is 7.44. The van der Waals surface area contributed by atoms with Crippen molar-refractivity contribution in [3.05, 3.63) is 0 Å². The van der Waals surface area contributed by atoms with Gasteiger partial charge in [-0.1, -0.05) is 36.7 Å². The number of carbonyl (C=O) groups excluding carboxylic acids is 1. The van der Waals surface area contributed by atoms with Crippen molar-refractivity contribution in [1.82, 2.24) is 0 Å². The fraction of sp³-hybridized carbons (Fsp3) is 0.857. The Morgan fingerprint density at radius 1 is 1.56 bits per heavy atom.